The Bertz CT molecular complexity index is 237. The molecule has 5 heteroatoms. The summed E-state index contributed by atoms with van der Waals surface area (Å²) in [5.41, 5.74) is 0. The molecule has 2 heterocycles. The number of aromatic nitrogens is 4. The maximum Gasteiger partial charge on any atom is 0.162 e. The molecule has 1 N–H and O–H groups in total. The van der Waals surface area contributed by atoms with E-state index in [2.05, 4.69) is 32.4 Å². The number of likely N-dealkylation sites (tertiary alicyclic amines) is 1. The van der Waals surface area contributed by atoms with Crippen molar-refractivity contribution in [1.29, 1.82) is 0 Å². The summed E-state index contributed by atoms with van der Waals surface area (Å²) in [6.07, 6.45) is 2.59. The van der Waals surface area contributed by atoms with Gasteiger partial charge in [-0.1, -0.05) is 6.92 Å². The van der Waals surface area contributed by atoms with Crippen molar-refractivity contribution in [2.75, 3.05) is 13.1 Å². The maximum atomic E-state index is 3.87. The van der Waals surface area contributed by atoms with E-state index in [9.17, 15) is 0 Å². The quantitative estimate of drug-likeness (QED) is 0.719. The first-order valence-corrected chi connectivity index (χ1v) is 4.79. The average molecular weight is 181 g/mol. The van der Waals surface area contributed by atoms with Crippen LogP contribution in [0.1, 0.15) is 25.6 Å². The lowest BCUT2D eigenvalue weighted by Gasteiger charge is -2.28. The highest BCUT2D eigenvalue weighted by atomic mass is 15.5. The smallest absolute Gasteiger partial charge is 0.162 e. The zero-order valence-corrected chi connectivity index (χ0v) is 7.90. The van der Waals surface area contributed by atoms with Crippen LogP contribution in [0.5, 0.6) is 0 Å². The molecule has 72 valence electrons. The standard InChI is InChI=1S/C8H15N5/c1-7-2-4-13(5-3-7)6-8-9-11-12-10-8/h7H,2-6H2,1H3,(H,9,10,11,12). The Morgan fingerprint density at radius 2 is 2.23 bits per heavy atom. The molecule has 0 atom stereocenters. The van der Waals surface area contributed by atoms with E-state index in [1.165, 1.54) is 25.9 Å². The summed E-state index contributed by atoms with van der Waals surface area (Å²) in [6.45, 7) is 5.51. The predicted molar refractivity (Wildman–Crippen MR) is 47.9 cm³/mol. The Kier molecular flexibility index (Phi) is 2.54. The minimum Gasteiger partial charge on any atom is -0.296 e. The number of piperidine rings is 1. The van der Waals surface area contributed by atoms with Crippen molar-refractivity contribution in [1.82, 2.24) is 25.5 Å². The first-order chi connectivity index (χ1) is 6.34. The van der Waals surface area contributed by atoms with Gasteiger partial charge in [-0.2, -0.15) is 0 Å². The topological polar surface area (TPSA) is 57.7 Å². The third kappa shape index (κ3) is 2.24. The Balaban J connectivity index is 1.83. The van der Waals surface area contributed by atoms with Crippen LogP contribution >= 0.6 is 0 Å². The highest BCUT2D eigenvalue weighted by molar-refractivity contribution is 4.78. The van der Waals surface area contributed by atoms with Crippen molar-refractivity contribution in [2.45, 2.75) is 26.3 Å². The number of nitrogens with one attached hydrogen (secondary N) is 1. The molecule has 0 aromatic carbocycles. The lowest BCUT2D eigenvalue weighted by Crippen LogP contribution is -2.32. The van der Waals surface area contributed by atoms with E-state index >= 15 is 0 Å². The fourth-order valence-electron chi connectivity index (χ4n) is 1.68. The lowest BCUT2D eigenvalue weighted by molar-refractivity contribution is 0.181. The van der Waals surface area contributed by atoms with Crippen molar-refractivity contribution in [2.24, 2.45) is 5.92 Å². The van der Waals surface area contributed by atoms with Crippen LogP contribution in [0, 0.1) is 5.92 Å². The fourth-order valence-corrected chi connectivity index (χ4v) is 1.68. The van der Waals surface area contributed by atoms with Crippen molar-refractivity contribution >= 4 is 0 Å². The third-order valence-electron chi connectivity index (χ3n) is 2.64. The van der Waals surface area contributed by atoms with E-state index in [4.69, 9.17) is 0 Å². The number of tetrazole rings is 1. The summed E-state index contributed by atoms with van der Waals surface area (Å²) in [7, 11) is 0. The normalized spacial score (nSPS) is 20.7. The van der Waals surface area contributed by atoms with Gasteiger partial charge in [-0.25, -0.2) is 5.10 Å². The molecule has 1 aromatic rings. The Morgan fingerprint density at radius 1 is 1.46 bits per heavy atom. The Hall–Kier alpha value is -0.970. The number of hydrogen-bond acceptors (Lipinski definition) is 4. The average Bonchev–Trinajstić information content (AvgIpc) is 2.62. The first kappa shape index (κ1) is 8.62. The van der Waals surface area contributed by atoms with Gasteiger partial charge in [0.05, 0.1) is 6.54 Å². The van der Waals surface area contributed by atoms with E-state index in [-0.39, 0.29) is 0 Å². The van der Waals surface area contributed by atoms with Gasteiger partial charge in [0.15, 0.2) is 5.82 Å². The SMILES string of the molecule is CC1CCN(Cc2nnn[nH]2)CC1. The molecule has 0 spiro atoms. The van der Waals surface area contributed by atoms with Crippen LogP contribution < -0.4 is 0 Å². The number of rotatable bonds is 2. The lowest BCUT2D eigenvalue weighted by atomic mass is 9.99. The number of H-pyrrole nitrogens is 1. The van der Waals surface area contributed by atoms with Crippen LogP contribution in [0.3, 0.4) is 0 Å². The summed E-state index contributed by atoms with van der Waals surface area (Å²) >= 11 is 0. The van der Waals surface area contributed by atoms with Gasteiger partial charge >= 0.3 is 0 Å². The highest BCUT2D eigenvalue weighted by Gasteiger charge is 2.16. The summed E-state index contributed by atoms with van der Waals surface area (Å²) in [5, 5.41) is 13.8. The first-order valence-electron chi connectivity index (χ1n) is 4.79. The molecule has 1 aliphatic rings. The zero-order valence-electron chi connectivity index (χ0n) is 7.90. The van der Waals surface area contributed by atoms with E-state index in [1.54, 1.807) is 0 Å². The molecule has 0 saturated carbocycles. The molecule has 1 saturated heterocycles. The van der Waals surface area contributed by atoms with Crippen molar-refractivity contribution in [3.05, 3.63) is 5.82 Å². The molecule has 5 nitrogen and oxygen atoms in total. The van der Waals surface area contributed by atoms with E-state index in [1.807, 2.05) is 0 Å². The van der Waals surface area contributed by atoms with Crippen molar-refractivity contribution < 1.29 is 0 Å². The van der Waals surface area contributed by atoms with Gasteiger partial charge in [0, 0.05) is 0 Å². The molecule has 0 amide bonds. The van der Waals surface area contributed by atoms with Gasteiger partial charge in [-0.05, 0) is 42.3 Å². The molecule has 0 aliphatic carbocycles. The number of hydrogen-bond donors (Lipinski definition) is 1. The van der Waals surface area contributed by atoms with Crippen molar-refractivity contribution in [3.63, 3.8) is 0 Å². The summed E-state index contributed by atoms with van der Waals surface area (Å²) < 4.78 is 0. The molecule has 2 rings (SSSR count). The van der Waals surface area contributed by atoms with Gasteiger partial charge in [0.25, 0.3) is 0 Å². The van der Waals surface area contributed by atoms with Gasteiger partial charge in [-0.3, -0.25) is 4.90 Å². The van der Waals surface area contributed by atoms with E-state index in [0.29, 0.717) is 0 Å². The van der Waals surface area contributed by atoms with Gasteiger partial charge in [-0.15, -0.1) is 5.10 Å². The molecule has 13 heavy (non-hydrogen) atoms. The molecular formula is C8H15N5. The van der Waals surface area contributed by atoms with Gasteiger partial charge in [0.2, 0.25) is 0 Å². The molecule has 0 radical (unpaired) electrons. The van der Waals surface area contributed by atoms with Crippen LogP contribution in [0.15, 0.2) is 0 Å². The van der Waals surface area contributed by atoms with E-state index in [0.717, 1.165) is 18.3 Å². The summed E-state index contributed by atoms with van der Waals surface area (Å²) in [4.78, 5) is 2.39. The largest absolute Gasteiger partial charge is 0.296 e. The van der Waals surface area contributed by atoms with Crippen molar-refractivity contribution in [3.8, 4) is 0 Å². The molecule has 1 fully saturated rings. The minimum absolute atomic E-state index is 0.861. The van der Waals surface area contributed by atoms with E-state index < -0.39 is 0 Å². The summed E-state index contributed by atoms with van der Waals surface area (Å²) in [6, 6.07) is 0. The molecule has 0 bridgehead atoms. The number of aromatic amines is 1. The monoisotopic (exact) mass is 181 g/mol. The third-order valence-corrected chi connectivity index (χ3v) is 2.64. The van der Waals surface area contributed by atoms with Crippen LogP contribution in [0.2, 0.25) is 0 Å². The van der Waals surface area contributed by atoms with Gasteiger partial charge in [0.1, 0.15) is 0 Å². The molecule has 0 unspecified atom stereocenters. The number of nitrogens with zero attached hydrogens (tertiary/aromatic N) is 4. The second-order valence-corrected chi connectivity index (χ2v) is 3.81. The van der Waals surface area contributed by atoms with Crippen LogP contribution in [-0.4, -0.2) is 38.6 Å². The second kappa shape index (κ2) is 3.83. The maximum absolute atomic E-state index is 3.87. The second-order valence-electron chi connectivity index (χ2n) is 3.81. The van der Waals surface area contributed by atoms with Gasteiger partial charge < -0.3 is 0 Å². The molecule has 1 aromatic heterocycles. The zero-order chi connectivity index (χ0) is 9.10. The minimum atomic E-state index is 0.861. The summed E-state index contributed by atoms with van der Waals surface area (Å²) in [5.74, 6) is 1.75. The molecular weight excluding hydrogens is 166 g/mol. The fraction of sp³-hybridized carbons (Fsp3) is 0.875. The predicted octanol–water partition coefficient (Wildman–Crippen LogP) is 0.432. The van der Waals surface area contributed by atoms with Crippen LogP contribution in [0.4, 0.5) is 0 Å². The Morgan fingerprint density at radius 3 is 2.85 bits per heavy atom. The molecule has 1 aliphatic heterocycles. The Labute approximate surface area is 77.5 Å². The van der Waals surface area contributed by atoms with Crippen LogP contribution in [0.25, 0.3) is 0 Å². The van der Waals surface area contributed by atoms with Crippen LogP contribution in [-0.2, 0) is 6.54 Å². The highest BCUT2D eigenvalue weighted by Crippen LogP contribution is 2.16.